The minimum atomic E-state index is -0.319. The standard InChI is InChI=1S/C16H19ClN4O2/c1-3-21-14(8-11(2)20-21)16(23)19-10-15(22)18-9-12-6-4-5-7-13(12)17/h4-8H,3,9-10H2,1-2H3,(H,18,22)(H,19,23). The van der Waals surface area contributed by atoms with Gasteiger partial charge in [0.25, 0.3) is 5.91 Å². The van der Waals surface area contributed by atoms with E-state index in [-0.39, 0.29) is 18.4 Å². The van der Waals surface area contributed by atoms with Gasteiger partial charge >= 0.3 is 0 Å². The second-order valence-corrected chi connectivity index (χ2v) is 5.44. The lowest BCUT2D eigenvalue weighted by molar-refractivity contribution is -0.120. The van der Waals surface area contributed by atoms with Crippen LogP contribution in [-0.2, 0) is 17.9 Å². The quantitative estimate of drug-likeness (QED) is 0.847. The van der Waals surface area contributed by atoms with Crippen LogP contribution in [0, 0.1) is 6.92 Å². The summed E-state index contributed by atoms with van der Waals surface area (Å²) in [6, 6.07) is 8.97. The zero-order chi connectivity index (χ0) is 16.8. The van der Waals surface area contributed by atoms with Crippen molar-refractivity contribution in [3.8, 4) is 0 Å². The molecule has 0 aliphatic heterocycles. The number of benzene rings is 1. The Balaban J connectivity index is 1.84. The number of rotatable bonds is 6. The first kappa shape index (κ1) is 17.0. The Morgan fingerprint density at radius 2 is 2.00 bits per heavy atom. The van der Waals surface area contributed by atoms with Crippen LogP contribution in [0.2, 0.25) is 5.02 Å². The van der Waals surface area contributed by atoms with Gasteiger partial charge in [-0.15, -0.1) is 0 Å². The van der Waals surface area contributed by atoms with E-state index in [0.29, 0.717) is 23.8 Å². The maximum absolute atomic E-state index is 12.1. The molecule has 1 heterocycles. The Morgan fingerprint density at radius 1 is 1.26 bits per heavy atom. The minimum absolute atomic E-state index is 0.1000. The van der Waals surface area contributed by atoms with Gasteiger partial charge in [-0.3, -0.25) is 14.3 Å². The van der Waals surface area contributed by atoms with Gasteiger partial charge < -0.3 is 10.6 Å². The Labute approximate surface area is 139 Å². The number of hydrogen-bond donors (Lipinski definition) is 2. The lowest BCUT2D eigenvalue weighted by atomic mass is 10.2. The number of carbonyl (C=O) groups is 2. The molecule has 2 aromatic rings. The summed E-state index contributed by atoms with van der Waals surface area (Å²) < 4.78 is 1.60. The SMILES string of the molecule is CCn1nc(C)cc1C(=O)NCC(=O)NCc1ccccc1Cl. The molecular weight excluding hydrogens is 316 g/mol. The highest BCUT2D eigenvalue weighted by Crippen LogP contribution is 2.14. The van der Waals surface area contributed by atoms with E-state index in [2.05, 4.69) is 15.7 Å². The molecule has 0 spiro atoms. The topological polar surface area (TPSA) is 76.0 Å². The first-order chi connectivity index (χ1) is 11.0. The van der Waals surface area contributed by atoms with Gasteiger partial charge in [-0.05, 0) is 31.5 Å². The largest absolute Gasteiger partial charge is 0.350 e. The maximum atomic E-state index is 12.1. The van der Waals surface area contributed by atoms with Gasteiger partial charge in [0.15, 0.2) is 0 Å². The van der Waals surface area contributed by atoms with Crippen LogP contribution >= 0.6 is 11.6 Å². The van der Waals surface area contributed by atoms with Crippen LogP contribution in [0.1, 0.15) is 28.7 Å². The predicted octanol–water partition coefficient (Wildman–Crippen LogP) is 1.91. The van der Waals surface area contributed by atoms with Gasteiger partial charge in [-0.1, -0.05) is 29.8 Å². The fourth-order valence-electron chi connectivity index (χ4n) is 2.12. The molecule has 1 aromatic heterocycles. The number of aromatic nitrogens is 2. The summed E-state index contributed by atoms with van der Waals surface area (Å²) in [6.45, 7) is 4.53. The van der Waals surface area contributed by atoms with E-state index >= 15 is 0 Å². The third-order valence-electron chi connectivity index (χ3n) is 3.28. The maximum Gasteiger partial charge on any atom is 0.269 e. The summed E-state index contributed by atoms with van der Waals surface area (Å²) in [5, 5.41) is 10.1. The van der Waals surface area contributed by atoms with Crippen molar-refractivity contribution in [3.63, 3.8) is 0 Å². The Bertz CT molecular complexity index is 712. The predicted molar refractivity (Wildman–Crippen MR) is 88.3 cm³/mol. The van der Waals surface area contributed by atoms with Crippen molar-refractivity contribution in [1.29, 1.82) is 0 Å². The van der Waals surface area contributed by atoms with Crippen molar-refractivity contribution in [2.24, 2.45) is 0 Å². The molecule has 0 atom stereocenters. The first-order valence-corrected chi connectivity index (χ1v) is 7.71. The molecule has 2 N–H and O–H groups in total. The molecule has 1 aromatic carbocycles. The second kappa shape index (κ2) is 7.78. The molecule has 0 aliphatic carbocycles. The highest BCUT2D eigenvalue weighted by atomic mass is 35.5. The molecule has 122 valence electrons. The number of amides is 2. The third kappa shape index (κ3) is 4.56. The number of aryl methyl sites for hydroxylation is 2. The molecule has 2 rings (SSSR count). The first-order valence-electron chi connectivity index (χ1n) is 7.34. The van der Waals surface area contributed by atoms with Crippen molar-refractivity contribution in [3.05, 3.63) is 52.3 Å². The molecule has 6 nitrogen and oxygen atoms in total. The zero-order valence-electron chi connectivity index (χ0n) is 13.1. The third-order valence-corrected chi connectivity index (χ3v) is 3.65. The molecule has 7 heteroatoms. The smallest absolute Gasteiger partial charge is 0.269 e. The van der Waals surface area contributed by atoms with Crippen LogP contribution < -0.4 is 10.6 Å². The van der Waals surface area contributed by atoms with E-state index in [9.17, 15) is 9.59 Å². The average molecular weight is 335 g/mol. The molecular formula is C16H19ClN4O2. The van der Waals surface area contributed by atoms with Gasteiger partial charge in [-0.25, -0.2) is 0 Å². The molecule has 0 unspecified atom stereocenters. The van der Waals surface area contributed by atoms with E-state index in [0.717, 1.165) is 11.3 Å². The van der Waals surface area contributed by atoms with Crippen molar-refractivity contribution in [2.45, 2.75) is 26.9 Å². The molecule has 2 amide bonds. The van der Waals surface area contributed by atoms with E-state index in [1.807, 2.05) is 32.0 Å². The number of nitrogens with one attached hydrogen (secondary N) is 2. The molecule has 0 saturated carbocycles. The van der Waals surface area contributed by atoms with Gasteiger partial charge in [0.2, 0.25) is 5.91 Å². The minimum Gasteiger partial charge on any atom is -0.350 e. The highest BCUT2D eigenvalue weighted by Gasteiger charge is 2.14. The fraction of sp³-hybridized carbons (Fsp3) is 0.312. The average Bonchev–Trinajstić information content (AvgIpc) is 2.93. The summed E-state index contributed by atoms with van der Waals surface area (Å²) in [7, 11) is 0. The Hall–Kier alpha value is -2.34. The fourth-order valence-corrected chi connectivity index (χ4v) is 2.32. The van der Waals surface area contributed by atoms with Crippen LogP contribution in [0.15, 0.2) is 30.3 Å². The monoisotopic (exact) mass is 334 g/mol. The van der Waals surface area contributed by atoms with E-state index in [1.54, 1.807) is 16.8 Å². The van der Waals surface area contributed by atoms with E-state index in [1.165, 1.54) is 0 Å². The summed E-state index contributed by atoms with van der Waals surface area (Å²) >= 11 is 6.02. The second-order valence-electron chi connectivity index (χ2n) is 5.04. The summed E-state index contributed by atoms with van der Waals surface area (Å²) in [4.78, 5) is 23.9. The highest BCUT2D eigenvalue weighted by molar-refractivity contribution is 6.31. The normalized spacial score (nSPS) is 10.4. The molecule has 0 saturated heterocycles. The van der Waals surface area contributed by atoms with Gasteiger partial charge in [0.1, 0.15) is 5.69 Å². The van der Waals surface area contributed by atoms with E-state index in [4.69, 9.17) is 11.6 Å². The number of hydrogen-bond acceptors (Lipinski definition) is 3. The zero-order valence-corrected chi connectivity index (χ0v) is 13.9. The number of halogens is 1. The van der Waals surface area contributed by atoms with Crippen LogP contribution in [0.5, 0.6) is 0 Å². The summed E-state index contributed by atoms with van der Waals surface area (Å²) in [5.74, 6) is -0.599. The van der Waals surface area contributed by atoms with Crippen LogP contribution in [0.3, 0.4) is 0 Å². The molecule has 23 heavy (non-hydrogen) atoms. The number of carbonyl (C=O) groups excluding carboxylic acids is 2. The number of nitrogens with zero attached hydrogens (tertiary/aromatic N) is 2. The van der Waals surface area contributed by atoms with Crippen molar-refractivity contribution < 1.29 is 9.59 Å². The molecule has 0 radical (unpaired) electrons. The Kier molecular flexibility index (Phi) is 5.76. The van der Waals surface area contributed by atoms with Crippen molar-refractivity contribution in [1.82, 2.24) is 20.4 Å². The molecule has 0 aliphatic rings. The van der Waals surface area contributed by atoms with Crippen molar-refractivity contribution >= 4 is 23.4 Å². The summed E-state index contributed by atoms with van der Waals surface area (Å²) in [5.41, 5.74) is 2.04. The lowest BCUT2D eigenvalue weighted by Gasteiger charge is -2.08. The van der Waals surface area contributed by atoms with Crippen molar-refractivity contribution in [2.75, 3.05) is 6.54 Å². The van der Waals surface area contributed by atoms with Gasteiger partial charge in [-0.2, -0.15) is 5.10 Å². The van der Waals surface area contributed by atoms with Crippen LogP contribution in [-0.4, -0.2) is 28.1 Å². The summed E-state index contributed by atoms with van der Waals surface area (Å²) in [6.07, 6.45) is 0. The van der Waals surface area contributed by atoms with E-state index < -0.39 is 0 Å². The molecule has 0 fully saturated rings. The van der Waals surface area contributed by atoms with Gasteiger partial charge in [0, 0.05) is 18.1 Å². The molecule has 0 bridgehead atoms. The van der Waals surface area contributed by atoms with Gasteiger partial charge in [0.05, 0.1) is 12.2 Å². The van der Waals surface area contributed by atoms with Crippen LogP contribution in [0.4, 0.5) is 0 Å². The van der Waals surface area contributed by atoms with Crippen LogP contribution in [0.25, 0.3) is 0 Å². The Morgan fingerprint density at radius 3 is 2.70 bits per heavy atom. The lowest BCUT2D eigenvalue weighted by Crippen LogP contribution is -2.37.